The van der Waals surface area contributed by atoms with Crippen LogP contribution in [0.15, 0.2) is 47.4 Å². The molecule has 0 saturated carbocycles. The number of sulfonamides is 1. The molecule has 2 fully saturated rings. The minimum absolute atomic E-state index is 0.103. The minimum atomic E-state index is -3.69. The summed E-state index contributed by atoms with van der Waals surface area (Å²) < 4.78 is 38.7. The fraction of sp³-hybridized carbons (Fsp3) is 0.435. The average Bonchev–Trinajstić information content (AvgIpc) is 3.32. The highest BCUT2D eigenvalue weighted by Crippen LogP contribution is 2.29. The van der Waals surface area contributed by atoms with Gasteiger partial charge in [0.15, 0.2) is 0 Å². The molecule has 2 aliphatic heterocycles. The Bertz CT molecular complexity index is 1060. The number of anilines is 2. The fourth-order valence-electron chi connectivity index (χ4n) is 3.92. The summed E-state index contributed by atoms with van der Waals surface area (Å²) in [5, 5.41) is 6.23. The van der Waals surface area contributed by atoms with Crippen molar-refractivity contribution in [1.29, 1.82) is 0 Å². The van der Waals surface area contributed by atoms with Crippen molar-refractivity contribution < 1.29 is 22.7 Å². The topological polar surface area (TPSA) is 97.0 Å². The van der Waals surface area contributed by atoms with Crippen LogP contribution in [-0.4, -0.2) is 64.2 Å². The van der Waals surface area contributed by atoms with Crippen LogP contribution in [-0.2, 0) is 19.5 Å². The molecule has 1 amide bonds. The number of carbonyl (C=O) groups excluding carboxylic acids is 1. The van der Waals surface area contributed by atoms with Crippen LogP contribution in [0.4, 0.5) is 11.4 Å². The van der Waals surface area contributed by atoms with Gasteiger partial charge in [-0.2, -0.15) is 4.31 Å². The van der Waals surface area contributed by atoms with Crippen LogP contribution in [0.3, 0.4) is 0 Å². The summed E-state index contributed by atoms with van der Waals surface area (Å²) in [5.74, 6) is -0.288. The van der Waals surface area contributed by atoms with Crippen molar-refractivity contribution in [2.24, 2.45) is 0 Å². The molecule has 0 spiro atoms. The average molecular weight is 460 g/mol. The quantitative estimate of drug-likeness (QED) is 0.661. The lowest BCUT2D eigenvalue weighted by Crippen LogP contribution is -2.40. The van der Waals surface area contributed by atoms with Crippen LogP contribution < -0.4 is 10.6 Å². The monoisotopic (exact) mass is 459 g/mol. The Hall–Kier alpha value is -2.46. The lowest BCUT2D eigenvalue weighted by molar-refractivity contribution is 0.0730. The Morgan fingerprint density at radius 2 is 1.88 bits per heavy atom. The van der Waals surface area contributed by atoms with Gasteiger partial charge >= 0.3 is 0 Å². The Morgan fingerprint density at radius 1 is 1.09 bits per heavy atom. The zero-order valence-corrected chi connectivity index (χ0v) is 19.0. The molecule has 2 N–H and O–H groups in total. The molecule has 172 valence electrons. The first-order valence-electron chi connectivity index (χ1n) is 10.9. The molecule has 0 radical (unpaired) electrons. The van der Waals surface area contributed by atoms with E-state index in [0.717, 1.165) is 25.0 Å². The summed E-state index contributed by atoms with van der Waals surface area (Å²) in [4.78, 5) is 13.1. The second-order valence-corrected chi connectivity index (χ2v) is 9.95. The van der Waals surface area contributed by atoms with Crippen LogP contribution in [0, 0.1) is 6.92 Å². The summed E-state index contributed by atoms with van der Waals surface area (Å²) in [6, 6.07) is 12.1. The van der Waals surface area contributed by atoms with Crippen LogP contribution in [0.2, 0.25) is 0 Å². The fourth-order valence-corrected chi connectivity index (χ4v) is 5.36. The predicted octanol–water partition coefficient (Wildman–Crippen LogP) is 2.86. The number of nitrogens with zero attached hydrogens (tertiary/aromatic N) is 1. The standard InChI is InChI=1S/C23H29N3O5S/c1-17-5-2-3-7-20(17)23(27)25-22-15-19(32(28,29)26-10-13-30-14-11-26)8-9-21(22)24-16-18-6-4-12-31-18/h2-3,5,7-9,15,18,24H,4,6,10-14,16H2,1H3,(H,25,27). The van der Waals surface area contributed by atoms with Crippen molar-refractivity contribution in [3.8, 4) is 0 Å². The van der Waals surface area contributed by atoms with E-state index < -0.39 is 10.0 Å². The number of hydrogen-bond acceptors (Lipinski definition) is 6. The highest BCUT2D eigenvalue weighted by molar-refractivity contribution is 7.89. The molecule has 2 heterocycles. The maximum Gasteiger partial charge on any atom is 0.255 e. The lowest BCUT2D eigenvalue weighted by Gasteiger charge is -2.26. The van der Waals surface area contributed by atoms with E-state index in [-0.39, 0.29) is 16.9 Å². The van der Waals surface area contributed by atoms with E-state index in [1.807, 2.05) is 19.1 Å². The molecule has 1 unspecified atom stereocenters. The van der Waals surface area contributed by atoms with Crippen LogP contribution >= 0.6 is 0 Å². The van der Waals surface area contributed by atoms with Gasteiger partial charge in [0.25, 0.3) is 5.91 Å². The first kappa shape index (κ1) is 22.7. The van der Waals surface area contributed by atoms with Crippen molar-refractivity contribution in [1.82, 2.24) is 4.31 Å². The van der Waals surface area contributed by atoms with E-state index in [1.165, 1.54) is 10.4 Å². The zero-order valence-electron chi connectivity index (χ0n) is 18.2. The number of hydrogen-bond donors (Lipinski definition) is 2. The molecular formula is C23H29N3O5S. The van der Waals surface area contributed by atoms with Crippen molar-refractivity contribution in [2.45, 2.75) is 30.8 Å². The minimum Gasteiger partial charge on any atom is -0.381 e. The van der Waals surface area contributed by atoms with Gasteiger partial charge in [0, 0.05) is 31.8 Å². The van der Waals surface area contributed by atoms with E-state index >= 15 is 0 Å². The molecule has 2 aliphatic rings. The summed E-state index contributed by atoms with van der Waals surface area (Å²) >= 11 is 0. The number of ether oxygens (including phenoxy) is 2. The maximum atomic E-state index is 13.1. The van der Waals surface area contributed by atoms with Gasteiger partial charge in [-0.05, 0) is 49.6 Å². The lowest BCUT2D eigenvalue weighted by atomic mass is 10.1. The molecule has 2 aromatic rings. The highest BCUT2D eigenvalue weighted by Gasteiger charge is 2.27. The number of aryl methyl sites for hydroxylation is 1. The van der Waals surface area contributed by atoms with Gasteiger partial charge in [-0.15, -0.1) is 0 Å². The van der Waals surface area contributed by atoms with Crippen molar-refractivity contribution in [3.05, 3.63) is 53.6 Å². The van der Waals surface area contributed by atoms with Crippen molar-refractivity contribution >= 4 is 27.3 Å². The highest BCUT2D eigenvalue weighted by atomic mass is 32.2. The number of benzene rings is 2. The molecule has 1 atom stereocenters. The first-order valence-corrected chi connectivity index (χ1v) is 12.3. The third-order valence-electron chi connectivity index (χ3n) is 5.78. The summed E-state index contributed by atoms with van der Waals surface area (Å²) in [7, 11) is -3.69. The van der Waals surface area contributed by atoms with Gasteiger partial charge in [0.1, 0.15) is 0 Å². The first-order chi connectivity index (χ1) is 15.4. The smallest absolute Gasteiger partial charge is 0.255 e. The SMILES string of the molecule is Cc1ccccc1C(=O)Nc1cc(S(=O)(=O)N2CCOCC2)ccc1NCC1CCCO1. The Balaban J connectivity index is 1.62. The molecule has 0 aliphatic carbocycles. The third kappa shape index (κ3) is 5.12. The molecule has 4 rings (SSSR count). The Kier molecular flexibility index (Phi) is 7.10. The van der Waals surface area contributed by atoms with Crippen LogP contribution in [0.5, 0.6) is 0 Å². The maximum absolute atomic E-state index is 13.1. The van der Waals surface area contributed by atoms with Crippen molar-refractivity contribution in [3.63, 3.8) is 0 Å². The molecule has 2 aromatic carbocycles. The molecule has 32 heavy (non-hydrogen) atoms. The van der Waals surface area contributed by atoms with Crippen molar-refractivity contribution in [2.75, 3.05) is 50.1 Å². The number of nitrogens with one attached hydrogen (secondary N) is 2. The molecule has 8 nitrogen and oxygen atoms in total. The van der Waals surface area contributed by atoms with E-state index in [1.54, 1.807) is 24.3 Å². The molecule has 0 bridgehead atoms. The number of morpholine rings is 1. The molecule has 0 aromatic heterocycles. The van der Waals surface area contributed by atoms with Gasteiger partial charge in [-0.3, -0.25) is 4.79 Å². The Labute approximate surface area is 189 Å². The van der Waals surface area contributed by atoms with E-state index in [2.05, 4.69) is 10.6 Å². The molecular weight excluding hydrogens is 430 g/mol. The zero-order chi connectivity index (χ0) is 22.6. The normalized spacial score (nSPS) is 19.6. The van der Waals surface area contributed by atoms with E-state index in [4.69, 9.17) is 9.47 Å². The van der Waals surface area contributed by atoms with Gasteiger partial charge < -0.3 is 20.1 Å². The predicted molar refractivity (Wildman–Crippen MR) is 123 cm³/mol. The third-order valence-corrected chi connectivity index (χ3v) is 7.68. The Morgan fingerprint density at radius 3 is 2.59 bits per heavy atom. The van der Waals surface area contributed by atoms with Gasteiger partial charge in [-0.25, -0.2) is 8.42 Å². The number of amides is 1. The van der Waals surface area contributed by atoms with Gasteiger partial charge in [-0.1, -0.05) is 18.2 Å². The van der Waals surface area contributed by atoms with Crippen LogP contribution in [0.25, 0.3) is 0 Å². The largest absolute Gasteiger partial charge is 0.381 e. The van der Waals surface area contributed by atoms with Gasteiger partial charge in [0.05, 0.1) is 35.6 Å². The second-order valence-electron chi connectivity index (χ2n) is 8.01. The summed E-state index contributed by atoms with van der Waals surface area (Å²) in [6.45, 7) is 4.57. The van der Waals surface area contributed by atoms with Crippen LogP contribution in [0.1, 0.15) is 28.8 Å². The van der Waals surface area contributed by atoms with Gasteiger partial charge in [0.2, 0.25) is 10.0 Å². The number of rotatable bonds is 7. The second kappa shape index (κ2) is 9.99. The molecule has 9 heteroatoms. The summed E-state index contributed by atoms with van der Waals surface area (Å²) in [6.07, 6.45) is 2.10. The molecule has 2 saturated heterocycles. The van der Waals surface area contributed by atoms with E-state index in [0.29, 0.717) is 49.8 Å². The summed E-state index contributed by atoms with van der Waals surface area (Å²) in [5.41, 5.74) is 2.46. The number of carbonyl (C=O) groups is 1. The van der Waals surface area contributed by atoms with E-state index in [9.17, 15) is 13.2 Å².